The normalized spacial score (nSPS) is 29.3. The van der Waals surface area contributed by atoms with Gasteiger partial charge in [0.1, 0.15) is 0 Å². The predicted molar refractivity (Wildman–Crippen MR) is 103 cm³/mol. The van der Waals surface area contributed by atoms with Gasteiger partial charge in [-0.1, -0.05) is 34.3 Å². The van der Waals surface area contributed by atoms with Crippen LogP contribution in [0, 0.1) is 11.8 Å². The van der Waals surface area contributed by atoms with Gasteiger partial charge in [0.25, 0.3) is 0 Å². The molecule has 4 rings (SSSR count). The van der Waals surface area contributed by atoms with Crippen LogP contribution in [0.25, 0.3) is 0 Å². The molecule has 1 saturated heterocycles. The lowest BCUT2D eigenvalue weighted by molar-refractivity contribution is -0.266. The smallest absolute Gasteiger partial charge is 0.350 e. The fraction of sp³-hybridized carbons (Fsp3) is 0.500. The fourth-order valence-electron chi connectivity index (χ4n) is 3.71. The molecule has 0 radical (unpaired) electrons. The molecule has 150 valence electrons. The highest BCUT2D eigenvalue weighted by atomic mass is 35.5. The molecule has 0 bridgehead atoms. The number of benzene rings is 1. The zero-order valence-corrected chi connectivity index (χ0v) is 16.7. The van der Waals surface area contributed by atoms with E-state index in [0.717, 1.165) is 17.7 Å². The van der Waals surface area contributed by atoms with Crippen LogP contribution in [0.15, 0.2) is 30.4 Å². The van der Waals surface area contributed by atoms with Crippen LogP contribution in [-0.2, 0) is 23.9 Å². The van der Waals surface area contributed by atoms with Gasteiger partial charge in [-0.05, 0) is 48.8 Å². The minimum atomic E-state index is -0.728. The molecule has 2 heterocycles. The Bertz CT molecular complexity index is 795. The van der Waals surface area contributed by atoms with Gasteiger partial charge in [-0.2, -0.15) is 0 Å². The van der Waals surface area contributed by atoms with Crippen molar-refractivity contribution in [2.75, 3.05) is 19.8 Å². The second kappa shape index (κ2) is 8.41. The summed E-state index contributed by atoms with van der Waals surface area (Å²) in [5.74, 6) is -0.747. The summed E-state index contributed by atoms with van der Waals surface area (Å²) in [6.45, 7) is 1.50. The van der Waals surface area contributed by atoms with E-state index in [4.69, 9.17) is 37.5 Å². The van der Waals surface area contributed by atoms with E-state index in [1.54, 1.807) is 6.07 Å². The second-order valence-electron chi connectivity index (χ2n) is 7.43. The van der Waals surface area contributed by atoms with Crippen LogP contribution < -0.4 is 0 Å². The Morgan fingerprint density at radius 3 is 2.57 bits per heavy atom. The van der Waals surface area contributed by atoms with Crippen molar-refractivity contribution in [3.63, 3.8) is 0 Å². The molecule has 0 amide bonds. The van der Waals surface area contributed by atoms with E-state index in [1.807, 2.05) is 12.1 Å². The van der Waals surface area contributed by atoms with Gasteiger partial charge in [0, 0.05) is 31.2 Å². The highest BCUT2D eigenvalue weighted by Crippen LogP contribution is 2.40. The molecule has 6 nitrogen and oxygen atoms in total. The molecule has 0 aromatic heterocycles. The number of hydrogen-bond acceptors (Lipinski definition) is 6. The number of rotatable bonds is 5. The van der Waals surface area contributed by atoms with Crippen LogP contribution in [0.2, 0.25) is 10.0 Å². The molecule has 2 aliphatic heterocycles. The molecule has 1 aromatic rings. The number of ether oxygens (including phenoxy) is 2. The first-order valence-corrected chi connectivity index (χ1v) is 10.2. The SMILES string of the molecule is O=C1/C=C/C(=O)ON2CCC(c3ccc(Cl)c(Cl)c3)C(COCC3CC3)C2O1. The Kier molecular flexibility index (Phi) is 5.92. The van der Waals surface area contributed by atoms with E-state index >= 15 is 0 Å². The average Bonchev–Trinajstić information content (AvgIpc) is 3.48. The molecule has 3 aliphatic rings. The lowest BCUT2D eigenvalue weighted by atomic mass is 9.80. The van der Waals surface area contributed by atoms with E-state index < -0.39 is 18.2 Å². The van der Waals surface area contributed by atoms with Crippen molar-refractivity contribution in [1.82, 2.24) is 5.06 Å². The van der Waals surface area contributed by atoms with E-state index in [9.17, 15) is 9.59 Å². The summed E-state index contributed by atoms with van der Waals surface area (Å²) < 4.78 is 11.6. The van der Waals surface area contributed by atoms with Crippen molar-refractivity contribution in [1.29, 1.82) is 0 Å². The van der Waals surface area contributed by atoms with E-state index in [1.165, 1.54) is 17.9 Å². The van der Waals surface area contributed by atoms with Gasteiger partial charge in [-0.25, -0.2) is 9.59 Å². The number of nitrogens with zero attached hydrogens (tertiary/aromatic N) is 1. The van der Waals surface area contributed by atoms with Gasteiger partial charge in [-0.3, -0.25) is 0 Å². The zero-order chi connectivity index (χ0) is 19.7. The zero-order valence-electron chi connectivity index (χ0n) is 15.2. The molecule has 1 saturated carbocycles. The first-order valence-electron chi connectivity index (χ1n) is 9.41. The summed E-state index contributed by atoms with van der Waals surface area (Å²) in [5, 5.41) is 2.41. The lowest BCUT2D eigenvalue weighted by Gasteiger charge is -2.43. The van der Waals surface area contributed by atoms with Crippen molar-refractivity contribution in [2.24, 2.45) is 11.8 Å². The summed E-state index contributed by atoms with van der Waals surface area (Å²) in [7, 11) is 0. The van der Waals surface area contributed by atoms with Crippen LogP contribution in [-0.4, -0.2) is 43.0 Å². The van der Waals surface area contributed by atoms with Crippen molar-refractivity contribution in [3.8, 4) is 0 Å². The number of hydroxylamine groups is 2. The average molecular weight is 426 g/mol. The third-order valence-electron chi connectivity index (χ3n) is 5.36. The summed E-state index contributed by atoms with van der Waals surface area (Å²) in [6.07, 6.45) is 4.50. The lowest BCUT2D eigenvalue weighted by Crippen LogP contribution is -2.53. The largest absolute Gasteiger partial charge is 0.440 e. The molecule has 1 aliphatic carbocycles. The number of fused-ring (bicyclic) bond motifs is 1. The molecular formula is C20H21Cl2NO5. The minimum Gasteiger partial charge on any atom is -0.440 e. The maximum atomic E-state index is 12.1. The third-order valence-corrected chi connectivity index (χ3v) is 6.10. The summed E-state index contributed by atoms with van der Waals surface area (Å²) in [5.41, 5.74) is 0.994. The third kappa shape index (κ3) is 4.51. The Hall–Kier alpha value is -1.60. The summed E-state index contributed by atoms with van der Waals surface area (Å²) in [6, 6.07) is 5.54. The molecule has 0 spiro atoms. The van der Waals surface area contributed by atoms with Gasteiger partial charge >= 0.3 is 11.9 Å². The molecule has 8 heteroatoms. The van der Waals surface area contributed by atoms with Gasteiger partial charge < -0.3 is 14.3 Å². The molecule has 3 unspecified atom stereocenters. The Labute approximate surface area is 173 Å². The number of carbonyl (C=O) groups is 2. The molecule has 2 fully saturated rings. The Balaban J connectivity index is 1.60. The standard InChI is InChI=1S/C20H21Cl2NO5/c21-16-4-3-13(9-17(16)22)14-7-8-23-20(15(14)11-26-10-12-1-2-12)27-18(24)5-6-19(25)28-23/h3-6,9,12,14-15,20H,1-2,7-8,10-11H2/b6-5+. The minimum absolute atomic E-state index is 0.0186. The topological polar surface area (TPSA) is 65.1 Å². The maximum absolute atomic E-state index is 12.1. The number of halogens is 2. The highest BCUT2D eigenvalue weighted by Gasteiger charge is 2.44. The summed E-state index contributed by atoms with van der Waals surface area (Å²) in [4.78, 5) is 29.3. The number of carbonyl (C=O) groups excluding carboxylic acids is 2. The molecule has 28 heavy (non-hydrogen) atoms. The van der Waals surface area contributed by atoms with Crippen LogP contribution in [0.4, 0.5) is 0 Å². The molecule has 0 N–H and O–H groups in total. The quantitative estimate of drug-likeness (QED) is 0.669. The predicted octanol–water partition coefficient (Wildman–Crippen LogP) is 3.72. The first kappa shape index (κ1) is 19.7. The van der Waals surface area contributed by atoms with Crippen LogP contribution in [0.5, 0.6) is 0 Å². The molecule has 1 aromatic carbocycles. The monoisotopic (exact) mass is 425 g/mol. The van der Waals surface area contributed by atoms with Crippen molar-refractivity contribution in [2.45, 2.75) is 31.4 Å². The van der Waals surface area contributed by atoms with Crippen LogP contribution >= 0.6 is 23.2 Å². The number of piperidine rings is 1. The van der Waals surface area contributed by atoms with Crippen LogP contribution in [0.3, 0.4) is 0 Å². The summed E-state index contributed by atoms with van der Waals surface area (Å²) >= 11 is 12.3. The van der Waals surface area contributed by atoms with E-state index in [0.29, 0.717) is 42.1 Å². The second-order valence-corrected chi connectivity index (χ2v) is 8.24. The molecule has 3 atom stereocenters. The van der Waals surface area contributed by atoms with Crippen molar-refractivity contribution >= 4 is 35.1 Å². The maximum Gasteiger partial charge on any atom is 0.350 e. The fourth-order valence-corrected chi connectivity index (χ4v) is 4.02. The number of esters is 1. The van der Waals surface area contributed by atoms with Gasteiger partial charge in [-0.15, -0.1) is 0 Å². The van der Waals surface area contributed by atoms with Crippen molar-refractivity contribution in [3.05, 3.63) is 46.0 Å². The van der Waals surface area contributed by atoms with Crippen LogP contribution in [0.1, 0.15) is 30.7 Å². The van der Waals surface area contributed by atoms with Gasteiger partial charge in [0.2, 0.25) is 0 Å². The van der Waals surface area contributed by atoms with Gasteiger partial charge in [0.05, 0.1) is 16.7 Å². The first-order chi connectivity index (χ1) is 13.5. The van der Waals surface area contributed by atoms with E-state index in [2.05, 4.69) is 0 Å². The Morgan fingerprint density at radius 2 is 1.82 bits per heavy atom. The van der Waals surface area contributed by atoms with Crippen molar-refractivity contribution < 1.29 is 23.9 Å². The Morgan fingerprint density at radius 1 is 1.04 bits per heavy atom. The number of hydrogen-bond donors (Lipinski definition) is 0. The van der Waals surface area contributed by atoms with E-state index in [-0.39, 0.29) is 11.8 Å². The molecular weight excluding hydrogens is 405 g/mol. The highest BCUT2D eigenvalue weighted by molar-refractivity contribution is 6.42. The van der Waals surface area contributed by atoms with Gasteiger partial charge in [0.15, 0.2) is 6.23 Å².